The lowest BCUT2D eigenvalue weighted by molar-refractivity contribution is -0.123. The van der Waals surface area contributed by atoms with E-state index in [9.17, 15) is 4.79 Å². The fourth-order valence-electron chi connectivity index (χ4n) is 2.76. The van der Waals surface area contributed by atoms with E-state index in [0.29, 0.717) is 5.91 Å². The summed E-state index contributed by atoms with van der Waals surface area (Å²) in [6, 6.07) is 8.26. The molecule has 0 aromatic heterocycles. The van der Waals surface area contributed by atoms with Crippen molar-refractivity contribution in [2.75, 3.05) is 11.4 Å². The Kier molecular flexibility index (Phi) is 4.40. The summed E-state index contributed by atoms with van der Waals surface area (Å²) >= 11 is 0. The smallest absolute Gasteiger partial charge is 0.230 e. The van der Waals surface area contributed by atoms with E-state index in [-0.39, 0.29) is 5.92 Å². The number of amides is 1. The molecule has 2 heteroatoms. The van der Waals surface area contributed by atoms with Crippen LogP contribution in [0, 0.1) is 12.8 Å². The SMILES string of the molecule is CCN(C(=O)C1CCCCC1)c1ccc(C)cc1. The predicted octanol–water partition coefficient (Wildman–Crippen LogP) is 3.93. The van der Waals surface area contributed by atoms with Crippen molar-refractivity contribution in [1.82, 2.24) is 0 Å². The number of anilines is 1. The molecule has 0 atom stereocenters. The summed E-state index contributed by atoms with van der Waals surface area (Å²) < 4.78 is 0. The molecule has 0 bridgehead atoms. The quantitative estimate of drug-likeness (QED) is 0.790. The van der Waals surface area contributed by atoms with Gasteiger partial charge in [0.1, 0.15) is 0 Å². The van der Waals surface area contributed by atoms with Crippen LogP contribution in [0.5, 0.6) is 0 Å². The van der Waals surface area contributed by atoms with Gasteiger partial charge in [0.15, 0.2) is 0 Å². The largest absolute Gasteiger partial charge is 0.312 e. The maximum absolute atomic E-state index is 12.5. The van der Waals surface area contributed by atoms with Crippen molar-refractivity contribution >= 4 is 11.6 Å². The van der Waals surface area contributed by atoms with Gasteiger partial charge in [-0.2, -0.15) is 0 Å². The Balaban J connectivity index is 2.12. The summed E-state index contributed by atoms with van der Waals surface area (Å²) in [5.74, 6) is 0.570. The molecule has 0 saturated heterocycles. The number of aryl methyl sites for hydroxylation is 1. The molecule has 1 saturated carbocycles. The molecule has 18 heavy (non-hydrogen) atoms. The maximum Gasteiger partial charge on any atom is 0.230 e. The molecule has 1 aliphatic rings. The molecule has 1 aromatic rings. The molecule has 0 aliphatic heterocycles. The predicted molar refractivity (Wildman–Crippen MR) is 75.8 cm³/mol. The number of carbonyl (C=O) groups is 1. The number of hydrogen-bond acceptors (Lipinski definition) is 1. The van der Waals surface area contributed by atoms with Gasteiger partial charge in [0.25, 0.3) is 0 Å². The second-order valence-electron chi connectivity index (χ2n) is 5.25. The monoisotopic (exact) mass is 245 g/mol. The van der Waals surface area contributed by atoms with Crippen LogP contribution in [0.3, 0.4) is 0 Å². The molecule has 0 unspecified atom stereocenters. The van der Waals surface area contributed by atoms with E-state index < -0.39 is 0 Å². The topological polar surface area (TPSA) is 20.3 Å². The van der Waals surface area contributed by atoms with Gasteiger partial charge in [0.2, 0.25) is 5.91 Å². The molecule has 2 rings (SSSR count). The Morgan fingerprint density at radius 2 is 1.78 bits per heavy atom. The van der Waals surface area contributed by atoms with Gasteiger partial charge >= 0.3 is 0 Å². The summed E-state index contributed by atoms with van der Waals surface area (Å²) in [6.07, 6.45) is 5.85. The average Bonchev–Trinajstić information content (AvgIpc) is 2.42. The third-order valence-corrected chi connectivity index (χ3v) is 3.88. The third kappa shape index (κ3) is 2.92. The van der Waals surface area contributed by atoms with Gasteiger partial charge in [-0.1, -0.05) is 37.0 Å². The van der Waals surface area contributed by atoms with Crippen LogP contribution in [0.2, 0.25) is 0 Å². The van der Waals surface area contributed by atoms with Gasteiger partial charge in [-0.15, -0.1) is 0 Å². The summed E-state index contributed by atoms with van der Waals surface area (Å²) in [4.78, 5) is 14.5. The lowest BCUT2D eigenvalue weighted by Crippen LogP contribution is -2.36. The minimum atomic E-state index is 0.250. The van der Waals surface area contributed by atoms with E-state index in [1.165, 1.54) is 24.8 Å². The van der Waals surface area contributed by atoms with E-state index in [1.807, 2.05) is 4.90 Å². The molecule has 1 aliphatic carbocycles. The highest BCUT2D eigenvalue weighted by atomic mass is 16.2. The molecule has 1 fully saturated rings. The van der Waals surface area contributed by atoms with E-state index in [1.54, 1.807) is 0 Å². The van der Waals surface area contributed by atoms with Crippen molar-refractivity contribution in [2.24, 2.45) is 5.92 Å². The Bertz CT molecular complexity index is 390. The zero-order valence-corrected chi connectivity index (χ0v) is 11.5. The lowest BCUT2D eigenvalue weighted by Gasteiger charge is -2.28. The van der Waals surface area contributed by atoms with Crippen molar-refractivity contribution in [2.45, 2.75) is 46.0 Å². The Labute approximate surface area is 110 Å². The minimum absolute atomic E-state index is 0.250. The summed E-state index contributed by atoms with van der Waals surface area (Å²) in [5.41, 5.74) is 2.28. The summed E-state index contributed by atoms with van der Waals surface area (Å²) in [5, 5.41) is 0. The third-order valence-electron chi connectivity index (χ3n) is 3.88. The second kappa shape index (κ2) is 6.03. The molecule has 0 heterocycles. The Morgan fingerprint density at radius 1 is 1.17 bits per heavy atom. The van der Waals surface area contributed by atoms with Gasteiger partial charge in [0.05, 0.1) is 0 Å². The zero-order chi connectivity index (χ0) is 13.0. The van der Waals surface area contributed by atoms with Gasteiger partial charge in [0, 0.05) is 18.2 Å². The van der Waals surface area contributed by atoms with Gasteiger partial charge in [-0.05, 0) is 38.8 Å². The molecule has 1 aromatic carbocycles. The van der Waals surface area contributed by atoms with Gasteiger partial charge in [-0.3, -0.25) is 4.79 Å². The number of rotatable bonds is 3. The Morgan fingerprint density at radius 3 is 2.33 bits per heavy atom. The van der Waals surface area contributed by atoms with Crippen LogP contribution in [0.15, 0.2) is 24.3 Å². The number of hydrogen-bond donors (Lipinski definition) is 0. The van der Waals surface area contributed by atoms with Gasteiger partial charge < -0.3 is 4.90 Å². The normalized spacial score (nSPS) is 16.6. The van der Waals surface area contributed by atoms with Crippen LogP contribution >= 0.6 is 0 Å². The van der Waals surface area contributed by atoms with Gasteiger partial charge in [-0.25, -0.2) is 0 Å². The summed E-state index contributed by atoms with van der Waals surface area (Å²) in [7, 11) is 0. The molecule has 0 radical (unpaired) electrons. The van der Waals surface area contributed by atoms with Crippen LogP contribution in [0.25, 0.3) is 0 Å². The fraction of sp³-hybridized carbons (Fsp3) is 0.562. The number of nitrogens with zero attached hydrogens (tertiary/aromatic N) is 1. The Hall–Kier alpha value is -1.31. The second-order valence-corrected chi connectivity index (χ2v) is 5.25. The van der Waals surface area contributed by atoms with Crippen molar-refractivity contribution in [1.29, 1.82) is 0 Å². The number of benzene rings is 1. The molecule has 98 valence electrons. The minimum Gasteiger partial charge on any atom is -0.312 e. The van der Waals surface area contributed by atoms with Crippen LogP contribution in [0.4, 0.5) is 5.69 Å². The van der Waals surface area contributed by atoms with Crippen molar-refractivity contribution in [3.05, 3.63) is 29.8 Å². The molecular formula is C16H23NO. The summed E-state index contributed by atoms with van der Waals surface area (Å²) in [6.45, 7) is 4.89. The molecule has 0 spiro atoms. The molecule has 1 amide bonds. The van der Waals surface area contributed by atoms with Crippen LogP contribution in [0.1, 0.15) is 44.6 Å². The first-order valence-corrected chi connectivity index (χ1v) is 7.10. The van der Waals surface area contributed by atoms with Crippen molar-refractivity contribution < 1.29 is 4.79 Å². The maximum atomic E-state index is 12.5. The first kappa shape index (κ1) is 13.1. The lowest BCUT2D eigenvalue weighted by atomic mass is 9.88. The van der Waals surface area contributed by atoms with E-state index in [4.69, 9.17) is 0 Å². The highest BCUT2D eigenvalue weighted by molar-refractivity contribution is 5.95. The first-order chi connectivity index (χ1) is 8.72. The number of carbonyl (C=O) groups excluding carboxylic acids is 1. The fourth-order valence-corrected chi connectivity index (χ4v) is 2.76. The van der Waals surface area contributed by atoms with E-state index in [2.05, 4.69) is 38.1 Å². The van der Waals surface area contributed by atoms with Crippen molar-refractivity contribution in [3.63, 3.8) is 0 Å². The van der Waals surface area contributed by atoms with Crippen molar-refractivity contribution in [3.8, 4) is 0 Å². The van der Waals surface area contributed by atoms with Crippen LogP contribution in [-0.2, 0) is 4.79 Å². The standard InChI is InChI=1S/C16H23NO/c1-3-17(15-11-9-13(2)10-12-15)16(18)14-7-5-4-6-8-14/h9-12,14H,3-8H2,1-2H3. The average molecular weight is 245 g/mol. The van der Waals surface area contributed by atoms with E-state index in [0.717, 1.165) is 25.1 Å². The molecular weight excluding hydrogens is 222 g/mol. The van der Waals surface area contributed by atoms with Crippen LogP contribution < -0.4 is 4.90 Å². The molecule has 0 N–H and O–H groups in total. The van der Waals surface area contributed by atoms with Crippen LogP contribution in [-0.4, -0.2) is 12.5 Å². The zero-order valence-electron chi connectivity index (χ0n) is 11.5. The first-order valence-electron chi connectivity index (χ1n) is 7.10. The molecule has 2 nitrogen and oxygen atoms in total. The van der Waals surface area contributed by atoms with E-state index >= 15 is 0 Å². The highest BCUT2D eigenvalue weighted by Crippen LogP contribution is 2.27. The highest BCUT2D eigenvalue weighted by Gasteiger charge is 2.25.